The molecule has 4 aromatic rings. The number of benzene rings is 4. The summed E-state index contributed by atoms with van der Waals surface area (Å²) in [5.74, 6) is 0.290. The fourth-order valence-corrected chi connectivity index (χ4v) is 4.56. The van der Waals surface area contributed by atoms with Gasteiger partial charge in [-0.15, -0.1) is 0 Å². The van der Waals surface area contributed by atoms with E-state index in [1.54, 1.807) is 36.4 Å². The number of hydrogen-bond donors (Lipinski definition) is 2. The minimum atomic E-state index is -3.73. The zero-order valence-electron chi connectivity index (χ0n) is 19.2. The van der Waals surface area contributed by atoms with Gasteiger partial charge >= 0.3 is 0 Å². The SMILES string of the molecule is CCC(Oc1ccc(-c2ccccc2)cc1)C(=O)Nc1ccc(S(=O)(=O)Nc2ccccc2)cc1. The molecule has 1 amide bonds. The van der Waals surface area contributed by atoms with E-state index >= 15 is 0 Å². The van der Waals surface area contributed by atoms with Crippen LogP contribution < -0.4 is 14.8 Å². The smallest absolute Gasteiger partial charge is 0.265 e. The Hall–Kier alpha value is -4.10. The lowest BCUT2D eigenvalue weighted by Gasteiger charge is -2.18. The van der Waals surface area contributed by atoms with Gasteiger partial charge < -0.3 is 10.1 Å². The first-order valence-electron chi connectivity index (χ1n) is 11.3. The summed E-state index contributed by atoms with van der Waals surface area (Å²) < 4.78 is 33.6. The van der Waals surface area contributed by atoms with E-state index in [9.17, 15) is 13.2 Å². The standard InChI is InChI=1S/C28H26N2O4S/c1-2-27(34-25-17-13-22(14-18-25)21-9-5-3-6-10-21)28(31)29-23-15-19-26(20-16-23)35(32,33)30-24-11-7-4-8-12-24/h3-20,27,30H,2H2,1H3,(H,29,31). The van der Waals surface area contributed by atoms with Crippen molar-refractivity contribution in [3.63, 3.8) is 0 Å². The van der Waals surface area contributed by atoms with Gasteiger partial charge in [-0.3, -0.25) is 9.52 Å². The van der Waals surface area contributed by atoms with Gasteiger partial charge in [-0.05, 0) is 66.1 Å². The molecule has 0 aromatic heterocycles. The zero-order chi connectivity index (χ0) is 24.7. The highest BCUT2D eigenvalue weighted by Gasteiger charge is 2.19. The number of sulfonamides is 1. The molecule has 0 radical (unpaired) electrons. The van der Waals surface area contributed by atoms with Crippen molar-refractivity contribution in [1.29, 1.82) is 0 Å². The Labute approximate surface area is 205 Å². The average Bonchev–Trinajstić information content (AvgIpc) is 2.89. The van der Waals surface area contributed by atoms with Gasteiger partial charge in [0.25, 0.3) is 15.9 Å². The number of nitrogens with one attached hydrogen (secondary N) is 2. The summed E-state index contributed by atoms with van der Waals surface area (Å²) in [6.07, 6.45) is -0.222. The van der Waals surface area contributed by atoms with Crippen LogP contribution in [0.1, 0.15) is 13.3 Å². The molecule has 0 saturated carbocycles. The van der Waals surface area contributed by atoms with E-state index in [0.29, 0.717) is 23.5 Å². The van der Waals surface area contributed by atoms with Crippen LogP contribution in [0.5, 0.6) is 5.75 Å². The van der Waals surface area contributed by atoms with Crippen LogP contribution in [-0.2, 0) is 14.8 Å². The summed E-state index contributed by atoms with van der Waals surface area (Å²) >= 11 is 0. The van der Waals surface area contributed by atoms with Gasteiger partial charge in [0.1, 0.15) is 5.75 Å². The van der Waals surface area contributed by atoms with E-state index in [1.807, 2.05) is 67.6 Å². The Balaban J connectivity index is 1.38. The highest BCUT2D eigenvalue weighted by molar-refractivity contribution is 7.92. The van der Waals surface area contributed by atoms with Crippen molar-refractivity contribution < 1.29 is 17.9 Å². The number of carbonyl (C=O) groups is 1. The minimum absolute atomic E-state index is 0.0983. The quantitative estimate of drug-likeness (QED) is 0.306. The van der Waals surface area contributed by atoms with Crippen molar-refractivity contribution in [2.75, 3.05) is 10.0 Å². The molecule has 7 heteroatoms. The third kappa shape index (κ3) is 6.28. The first-order valence-corrected chi connectivity index (χ1v) is 12.7. The van der Waals surface area contributed by atoms with Gasteiger partial charge in [0.2, 0.25) is 0 Å². The fraction of sp³-hybridized carbons (Fsp3) is 0.107. The monoisotopic (exact) mass is 486 g/mol. The Bertz CT molecular complexity index is 1360. The number of ether oxygens (including phenoxy) is 1. The van der Waals surface area contributed by atoms with Crippen molar-refractivity contribution in [2.45, 2.75) is 24.3 Å². The van der Waals surface area contributed by atoms with Gasteiger partial charge in [0.05, 0.1) is 4.90 Å². The van der Waals surface area contributed by atoms with E-state index in [0.717, 1.165) is 11.1 Å². The molecule has 0 aliphatic heterocycles. The maximum Gasteiger partial charge on any atom is 0.265 e. The number of carbonyl (C=O) groups excluding carboxylic acids is 1. The molecule has 2 N–H and O–H groups in total. The van der Waals surface area contributed by atoms with Crippen LogP contribution >= 0.6 is 0 Å². The molecule has 0 spiro atoms. The Kier molecular flexibility index (Phi) is 7.48. The Morgan fingerprint density at radius 1 is 0.743 bits per heavy atom. The van der Waals surface area contributed by atoms with E-state index in [4.69, 9.17) is 4.74 Å². The second-order valence-electron chi connectivity index (χ2n) is 7.89. The van der Waals surface area contributed by atoms with E-state index in [-0.39, 0.29) is 10.8 Å². The highest BCUT2D eigenvalue weighted by atomic mass is 32.2. The molecule has 178 valence electrons. The summed E-state index contributed by atoms with van der Waals surface area (Å²) in [6, 6.07) is 32.3. The van der Waals surface area contributed by atoms with Crippen LogP contribution in [0, 0.1) is 0 Å². The summed E-state index contributed by atoms with van der Waals surface area (Å²) in [6.45, 7) is 1.87. The maximum atomic E-state index is 12.8. The van der Waals surface area contributed by atoms with Crippen molar-refractivity contribution in [1.82, 2.24) is 0 Å². The summed E-state index contributed by atoms with van der Waals surface area (Å²) in [7, 11) is -3.73. The number of amides is 1. The van der Waals surface area contributed by atoms with Crippen LogP contribution in [0.4, 0.5) is 11.4 Å². The molecule has 0 aliphatic rings. The topological polar surface area (TPSA) is 84.5 Å². The molecule has 4 aromatic carbocycles. The normalized spacial score (nSPS) is 11.9. The van der Waals surface area contributed by atoms with Crippen LogP contribution in [0.2, 0.25) is 0 Å². The maximum absolute atomic E-state index is 12.8. The molecule has 0 aliphatic carbocycles. The third-order valence-electron chi connectivity index (χ3n) is 5.36. The first kappa shape index (κ1) is 24.0. The molecular weight excluding hydrogens is 460 g/mol. The molecule has 0 saturated heterocycles. The minimum Gasteiger partial charge on any atom is -0.481 e. The van der Waals surface area contributed by atoms with Crippen LogP contribution in [0.25, 0.3) is 11.1 Å². The summed E-state index contributed by atoms with van der Waals surface area (Å²) in [5.41, 5.74) is 3.13. The lowest BCUT2D eigenvalue weighted by Crippen LogP contribution is -2.32. The number of rotatable bonds is 9. The molecule has 1 atom stereocenters. The van der Waals surface area contributed by atoms with Crippen molar-refractivity contribution in [3.05, 3.63) is 109 Å². The largest absolute Gasteiger partial charge is 0.481 e. The third-order valence-corrected chi connectivity index (χ3v) is 6.76. The van der Waals surface area contributed by atoms with Gasteiger partial charge in [-0.2, -0.15) is 0 Å². The van der Waals surface area contributed by atoms with Crippen LogP contribution in [0.3, 0.4) is 0 Å². The van der Waals surface area contributed by atoms with Crippen molar-refractivity contribution in [2.24, 2.45) is 0 Å². The average molecular weight is 487 g/mol. The molecule has 1 unspecified atom stereocenters. The van der Waals surface area contributed by atoms with Crippen molar-refractivity contribution in [3.8, 4) is 16.9 Å². The molecule has 4 rings (SSSR count). The molecule has 6 nitrogen and oxygen atoms in total. The van der Waals surface area contributed by atoms with Gasteiger partial charge in [0, 0.05) is 11.4 Å². The van der Waals surface area contributed by atoms with Crippen LogP contribution in [0.15, 0.2) is 114 Å². The van der Waals surface area contributed by atoms with Gasteiger partial charge in [0.15, 0.2) is 6.10 Å². The number of anilines is 2. The van der Waals surface area contributed by atoms with Gasteiger partial charge in [-0.25, -0.2) is 8.42 Å². The molecule has 0 fully saturated rings. The number of para-hydroxylation sites is 1. The van der Waals surface area contributed by atoms with Crippen LogP contribution in [-0.4, -0.2) is 20.4 Å². The highest BCUT2D eigenvalue weighted by Crippen LogP contribution is 2.24. The molecule has 35 heavy (non-hydrogen) atoms. The predicted octanol–water partition coefficient (Wildman–Crippen LogP) is 5.95. The molecule has 0 heterocycles. The van der Waals surface area contributed by atoms with E-state index in [1.165, 1.54) is 12.1 Å². The Morgan fingerprint density at radius 3 is 1.91 bits per heavy atom. The van der Waals surface area contributed by atoms with Gasteiger partial charge in [-0.1, -0.05) is 67.6 Å². The summed E-state index contributed by atoms with van der Waals surface area (Å²) in [4.78, 5) is 12.9. The zero-order valence-corrected chi connectivity index (χ0v) is 20.0. The van der Waals surface area contributed by atoms with Crippen molar-refractivity contribution >= 4 is 27.3 Å². The second kappa shape index (κ2) is 10.9. The molecular formula is C28H26N2O4S. The lowest BCUT2D eigenvalue weighted by molar-refractivity contribution is -0.122. The fourth-order valence-electron chi connectivity index (χ4n) is 3.50. The predicted molar refractivity (Wildman–Crippen MR) is 139 cm³/mol. The first-order chi connectivity index (χ1) is 16.9. The number of hydrogen-bond acceptors (Lipinski definition) is 4. The van der Waals surface area contributed by atoms with E-state index < -0.39 is 16.1 Å². The molecule has 0 bridgehead atoms. The lowest BCUT2D eigenvalue weighted by atomic mass is 10.1. The second-order valence-corrected chi connectivity index (χ2v) is 9.57. The Morgan fingerprint density at radius 2 is 1.31 bits per heavy atom. The van der Waals surface area contributed by atoms with E-state index in [2.05, 4.69) is 10.0 Å². The summed E-state index contributed by atoms with van der Waals surface area (Å²) in [5, 5.41) is 2.80.